The molecule has 1 aromatic rings. The minimum atomic E-state index is -1.38. The van der Waals surface area contributed by atoms with E-state index >= 15 is 0 Å². The number of rotatable bonds is 5. The van der Waals surface area contributed by atoms with E-state index in [2.05, 4.69) is 0 Å². The molecule has 98 valence electrons. The molecule has 0 aromatic heterocycles. The molecule has 0 aliphatic carbocycles. The Kier molecular flexibility index (Phi) is 4.48. The zero-order valence-electron chi connectivity index (χ0n) is 11.0. The molecular weight excluding hydrogens is 230 g/mol. The summed E-state index contributed by atoms with van der Waals surface area (Å²) in [5.41, 5.74) is -0.390. The van der Waals surface area contributed by atoms with Gasteiger partial charge in [0.2, 0.25) is 5.91 Å². The Morgan fingerprint density at radius 2 is 1.78 bits per heavy atom. The normalized spacial score (nSPS) is 11.1. The lowest BCUT2D eigenvalue weighted by atomic mass is 9.91. The van der Waals surface area contributed by atoms with E-state index < -0.39 is 11.4 Å². The predicted octanol–water partition coefficient (Wildman–Crippen LogP) is 2.15. The predicted molar refractivity (Wildman–Crippen MR) is 68.9 cm³/mol. The van der Waals surface area contributed by atoms with Crippen LogP contribution in [-0.2, 0) is 16.1 Å². The van der Waals surface area contributed by atoms with Crippen LogP contribution in [0.25, 0.3) is 0 Å². The Labute approximate surface area is 107 Å². The zero-order chi connectivity index (χ0) is 13.8. The van der Waals surface area contributed by atoms with E-state index in [1.807, 2.05) is 37.3 Å². The van der Waals surface area contributed by atoms with Gasteiger partial charge in [0.25, 0.3) is 0 Å². The first-order chi connectivity index (χ1) is 8.39. The van der Waals surface area contributed by atoms with Gasteiger partial charge in [0.05, 0.1) is 0 Å². The maximum Gasteiger partial charge on any atom is 0.318 e. The van der Waals surface area contributed by atoms with Gasteiger partial charge in [-0.2, -0.15) is 0 Å². The number of carbonyl (C=O) groups excluding carboxylic acids is 1. The fraction of sp³-hybridized carbons (Fsp3) is 0.429. The van der Waals surface area contributed by atoms with Gasteiger partial charge >= 0.3 is 5.97 Å². The highest BCUT2D eigenvalue weighted by Crippen LogP contribution is 2.20. The Morgan fingerprint density at radius 3 is 2.22 bits per heavy atom. The number of amides is 1. The van der Waals surface area contributed by atoms with Crippen molar-refractivity contribution in [3.8, 4) is 0 Å². The number of benzene rings is 1. The van der Waals surface area contributed by atoms with Gasteiger partial charge < -0.3 is 10.0 Å². The SMILES string of the molecule is CCN(Cc1ccccc1)C(=O)C(C)(C)C(=O)O. The maximum atomic E-state index is 12.2. The Hall–Kier alpha value is -1.84. The third-order valence-corrected chi connectivity index (χ3v) is 2.95. The molecule has 0 aliphatic rings. The largest absolute Gasteiger partial charge is 0.480 e. The van der Waals surface area contributed by atoms with E-state index in [-0.39, 0.29) is 5.91 Å². The smallest absolute Gasteiger partial charge is 0.318 e. The summed E-state index contributed by atoms with van der Waals surface area (Å²) < 4.78 is 0. The first-order valence-electron chi connectivity index (χ1n) is 5.96. The number of hydrogen-bond acceptors (Lipinski definition) is 2. The van der Waals surface area contributed by atoms with Gasteiger partial charge in [-0.15, -0.1) is 0 Å². The first-order valence-corrected chi connectivity index (χ1v) is 5.96. The Balaban J connectivity index is 2.85. The van der Waals surface area contributed by atoms with Crippen LogP contribution in [0.1, 0.15) is 26.3 Å². The Bertz CT molecular complexity index is 426. The molecule has 0 atom stereocenters. The van der Waals surface area contributed by atoms with Crippen molar-refractivity contribution in [1.29, 1.82) is 0 Å². The molecule has 1 amide bonds. The van der Waals surface area contributed by atoms with E-state index in [9.17, 15) is 9.59 Å². The number of carboxylic acids is 1. The van der Waals surface area contributed by atoms with Gasteiger partial charge in [-0.05, 0) is 26.3 Å². The average molecular weight is 249 g/mol. The second-order valence-corrected chi connectivity index (χ2v) is 4.74. The van der Waals surface area contributed by atoms with Crippen molar-refractivity contribution in [2.45, 2.75) is 27.3 Å². The van der Waals surface area contributed by atoms with E-state index in [4.69, 9.17) is 5.11 Å². The summed E-state index contributed by atoms with van der Waals surface area (Å²) in [5, 5.41) is 9.07. The van der Waals surface area contributed by atoms with Gasteiger partial charge in [-0.3, -0.25) is 9.59 Å². The van der Waals surface area contributed by atoms with Crippen molar-refractivity contribution < 1.29 is 14.7 Å². The lowest BCUT2D eigenvalue weighted by Gasteiger charge is -2.28. The first kappa shape index (κ1) is 14.2. The molecule has 1 N–H and O–H groups in total. The molecule has 4 heteroatoms. The highest BCUT2D eigenvalue weighted by atomic mass is 16.4. The highest BCUT2D eigenvalue weighted by Gasteiger charge is 2.38. The average Bonchev–Trinajstić information content (AvgIpc) is 2.36. The number of carbonyl (C=O) groups is 2. The molecule has 0 bridgehead atoms. The lowest BCUT2D eigenvalue weighted by molar-refractivity contribution is -0.158. The van der Waals surface area contributed by atoms with Crippen LogP contribution in [0.4, 0.5) is 0 Å². The van der Waals surface area contributed by atoms with Crippen LogP contribution in [0.2, 0.25) is 0 Å². The molecule has 0 spiro atoms. The van der Waals surface area contributed by atoms with Crippen molar-refractivity contribution in [3.05, 3.63) is 35.9 Å². The molecule has 0 heterocycles. The molecule has 0 saturated carbocycles. The van der Waals surface area contributed by atoms with E-state index in [1.54, 1.807) is 4.90 Å². The third kappa shape index (κ3) is 3.09. The molecular formula is C14H19NO3. The minimum Gasteiger partial charge on any atom is -0.480 e. The van der Waals surface area contributed by atoms with Crippen molar-refractivity contribution in [2.75, 3.05) is 6.54 Å². The highest BCUT2D eigenvalue weighted by molar-refractivity contribution is 6.00. The maximum absolute atomic E-state index is 12.2. The van der Waals surface area contributed by atoms with Crippen molar-refractivity contribution in [1.82, 2.24) is 4.90 Å². The quantitative estimate of drug-likeness (QED) is 0.813. The van der Waals surface area contributed by atoms with Crippen molar-refractivity contribution in [2.24, 2.45) is 5.41 Å². The second-order valence-electron chi connectivity index (χ2n) is 4.74. The summed E-state index contributed by atoms with van der Waals surface area (Å²) in [4.78, 5) is 24.8. The zero-order valence-corrected chi connectivity index (χ0v) is 11.0. The van der Waals surface area contributed by atoms with Crippen LogP contribution >= 0.6 is 0 Å². The lowest BCUT2D eigenvalue weighted by Crippen LogP contribution is -2.44. The van der Waals surface area contributed by atoms with Crippen LogP contribution in [0, 0.1) is 5.41 Å². The van der Waals surface area contributed by atoms with E-state index in [1.165, 1.54) is 13.8 Å². The molecule has 0 unspecified atom stereocenters. The summed E-state index contributed by atoms with van der Waals surface area (Å²) in [6.07, 6.45) is 0. The number of aliphatic carboxylic acids is 1. The van der Waals surface area contributed by atoms with Crippen LogP contribution in [0.15, 0.2) is 30.3 Å². The minimum absolute atomic E-state index is 0.360. The van der Waals surface area contributed by atoms with Gasteiger partial charge in [0, 0.05) is 13.1 Å². The van der Waals surface area contributed by atoms with Gasteiger partial charge in [0.15, 0.2) is 0 Å². The summed E-state index contributed by atoms with van der Waals surface area (Å²) in [6, 6.07) is 9.54. The van der Waals surface area contributed by atoms with Gasteiger partial charge in [0.1, 0.15) is 5.41 Å². The van der Waals surface area contributed by atoms with E-state index in [0.29, 0.717) is 13.1 Å². The molecule has 18 heavy (non-hydrogen) atoms. The molecule has 0 fully saturated rings. The Morgan fingerprint density at radius 1 is 1.22 bits per heavy atom. The topological polar surface area (TPSA) is 57.6 Å². The summed E-state index contributed by atoms with van der Waals surface area (Å²) >= 11 is 0. The summed E-state index contributed by atoms with van der Waals surface area (Å²) in [6.45, 7) is 5.65. The second kappa shape index (κ2) is 5.67. The number of carboxylic acid groups (broad SMARTS) is 1. The van der Waals surface area contributed by atoms with Crippen molar-refractivity contribution in [3.63, 3.8) is 0 Å². The number of hydrogen-bond donors (Lipinski definition) is 1. The van der Waals surface area contributed by atoms with Crippen LogP contribution < -0.4 is 0 Å². The van der Waals surface area contributed by atoms with Gasteiger partial charge in [-0.1, -0.05) is 30.3 Å². The summed E-state index contributed by atoms with van der Waals surface area (Å²) in [7, 11) is 0. The molecule has 0 saturated heterocycles. The van der Waals surface area contributed by atoms with E-state index in [0.717, 1.165) is 5.56 Å². The molecule has 1 rings (SSSR count). The third-order valence-electron chi connectivity index (χ3n) is 2.95. The molecule has 0 radical (unpaired) electrons. The molecule has 4 nitrogen and oxygen atoms in total. The van der Waals surface area contributed by atoms with Crippen LogP contribution in [0.5, 0.6) is 0 Å². The monoisotopic (exact) mass is 249 g/mol. The fourth-order valence-electron chi connectivity index (χ4n) is 1.62. The number of nitrogens with zero attached hydrogens (tertiary/aromatic N) is 1. The van der Waals surface area contributed by atoms with Gasteiger partial charge in [-0.25, -0.2) is 0 Å². The fourth-order valence-corrected chi connectivity index (χ4v) is 1.62. The van der Waals surface area contributed by atoms with Crippen LogP contribution in [-0.4, -0.2) is 28.4 Å². The van der Waals surface area contributed by atoms with Crippen molar-refractivity contribution >= 4 is 11.9 Å². The molecule has 0 aliphatic heterocycles. The molecule has 1 aromatic carbocycles. The van der Waals surface area contributed by atoms with Crippen LogP contribution in [0.3, 0.4) is 0 Å². The standard InChI is InChI=1S/C14H19NO3/c1-4-15(10-11-8-6-5-7-9-11)12(16)14(2,3)13(17)18/h5-9H,4,10H2,1-3H3,(H,17,18). The summed E-state index contributed by atoms with van der Waals surface area (Å²) in [5.74, 6) is -1.46.